The predicted molar refractivity (Wildman–Crippen MR) is 118 cm³/mol. The smallest absolute Gasteiger partial charge is 0.249 e. The molecule has 4 rings (SSSR count). The number of aromatic nitrogens is 3. The summed E-state index contributed by atoms with van der Waals surface area (Å²) in [5, 5.41) is 14.7. The summed E-state index contributed by atoms with van der Waals surface area (Å²) in [6.45, 7) is 8.50. The molecule has 3 aromatic rings. The van der Waals surface area contributed by atoms with E-state index in [0.29, 0.717) is 11.8 Å². The molecule has 1 fully saturated rings. The van der Waals surface area contributed by atoms with Crippen LogP contribution in [-0.2, 0) is 0 Å². The number of benzene rings is 2. The second kappa shape index (κ2) is 8.45. The van der Waals surface area contributed by atoms with E-state index >= 15 is 0 Å². The van der Waals surface area contributed by atoms with E-state index < -0.39 is 0 Å². The number of rotatable bonds is 5. The fourth-order valence-electron chi connectivity index (χ4n) is 3.33. The number of anilines is 5. The van der Waals surface area contributed by atoms with E-state index in [-0.39, 0.29) is 0 Å². The molecule has 0 aliphatic carbocycles. The molecular weight excluding hydrogens is 362 g/mol. The summed E-state index contributed by atoms with van der Waals surface area (Å²) in [6, 6.07) is 14.6. The molecule has 1 saturated heterocycles. The van der Waals surface area contributed by atoms with Crippen LogP contribution in [0.15, 0.2) is 48.7 Å². The molecule has 2 aromatic carbocycles. The normalized spacial score (nSPS) is 14.7. The molecule has 0 atom stereocenters. The molecule has 0 spiro atoms. The summed E-state index contributed by atoms with van der Waals surface area (Å²) in [5.74, 6) is 1.12. The lowest BCUT2D eigenvalue weighted by molar-refractivity contribution is 0.313. The van der Waals surface area contributed by atoms with Gasteiger partial charge in [-0.1, -0.05) is 6.07 Å². The molecule has 1 aliphatic rings. The molecule has 7 heteroatoms. The zero-order chi connectivity index (χ0) is 20.2. The minimum Gasteiger partial charge on any atom is -0.369 e. The molecule has 2 heterocycles. The number of nitrogens with one attached hydrogen (secondary N) is 2. The predicted octanol–water partition coefficient (Wildman–Crippen LogP) is 3.73. The van der Waals surface area contributed by atoms with E-state index in [9.17, 15) is 0 Å². The summed E-state index contributed by atoms with van der Waals surface area (Å²) in [6.07, 6.45) is 1.62. The third-order valence-electron chi connectivity index (χ3n) is 5.33. The Morgan fingerprint density at radius 1 is 0.828 bits per heavy atom. The van der Waals surface area contributed by atoms with Gasteiger partial charge in [0.15, 0.2) is 5.82 Å². The van der Waals surface area contributed by atoms with Crippen molar-refractivity contribution in [1.29, 1.82) is 0 Å². The second-order valence-electron chi connectivity index (χ2n) is 7.55. The van der Waals surface area contributed by atoms with Crippen molar-refractivity contribution in [3.63, 3.8) is 0 Å². The van der Waals surface area contributed by atoms with Gasteiger partial charge >= 0.3 is 0 Å². The molecule has 0 unspecified atom stereocenters. The Balaban J connectivity index is 1.41. The van der Waals surface area contributed by atoms with Gasteiger partial charge < -0.3 is 20.4 Å². The highest BCUT2D eigenvalue weighted by Gasteiger charge is 2.14. The van der Waals surface area contributed by atoms with Crippen molar-refractivity contribution < 1.29 is 0 Å². The van der Waals surface area contributed by atoms with Crippen molar-refractivity contribution in [2.24, 2.45) is 0 Å². The number of piperazine rings is 1. The van der Waals surface area contributed by atoms with Gasteiger partial charge in [0.25, 0.3) is 0 Å². The first-order chi connectivity index (χ1) is 14.1. The van der Waals surface area contributed by atoms with Gasteiger partial charge in [-0.15, -0.1) is 5.10 Å². The Labute approximate surface area is 171 Å². The molecule has 0 radical (unpaired) electrons. The van der Waals surface area contributed by atoms with Crippen LogP contribution >= 0.6 is 0 Å². The molecule has 29 heavy (non-hydrogen) atoms. The van der Waals surface area contributed by atoms with Crippen LogP contribution < -0.4 is 15.5 Å². The summed E-state index contributed by atoms with van der Waals surface area (Å²) >= 11 is 0. The summed E-state index contributed by atoms with van der Waals surface area (Å²) in [4.78, 5) is 9.29. The maximum absolute atomic E-state index is 4.52. The maximum Gasteiger partial charge on any atom is 0.249 e. The zero-order valence-electron chi connectivity index (χ0n) is 17.2. The standard InChI is InChI=1S/C22H27N7/c1-16-4-5-19(14-17(16)2)24-21-15-23-27-22(26-21)25-18-6-8-20(9-7-18)29-12-10-28(3)11-13-29/h4-9,14-15H,10-13H2,1-3H3,(H2,24,25,26,27). The van der Waals surface area contributed by atoms with E-state index in [1.807, 2.05) is 6.07 Å². The topological polar surface area (TPSA) is 69.2 Å². The number of likely N-dealkylation sites (N-methyl/N-ethyl adjacent to an activating group) is 1. The lowest BCUT2D eigenvalue weighted by Gasteiger charge is -2.34. The van der Waals surface area contributed by atoms with E-state index in [1.54, 1.807) is 6.20 Å². The van der Waals surface area contributed by atoms with Crippen LogP contribution in [0.4, 0.5) is 28.8 Å². The third kappa shape index (κ3) is 4.81. The van der Waals surface area contributed by atoms with Crippen LogP contribution in [0.5, 0.6) is 0 Å². The number of hydrogen-bond donors (Lipinski definition) is 2. The van der Waals surface area contributed by atoms with Crippen molar-refractivity contribution in [2.75, 3.05) is 48.8 Å². The van der Waals surface area contributed by atoms with Crippen LogP contribution in [0.3, 0.4) is 0 Å². The van der Waals surface area contributed by atoms with Gasteiger partial charge in [-0.2, -0.15) is 10.1 Å². The van der Waals surface area contributed by atoms with Gasteiger partial charge in [0.1, 0.15) is 0 Å². The number of aryl methyl sites for hydroxylation is 2. The van der Waals surface area contributed by atoms with Crippen molar-refractivity contribution in [3.8, 4) is 0 Å². The summed E-state index contributed by atoms with van der Waals surface area (Å²) < 4.78 is 0. The lowest BCUT2D eigenvalue weighted by Crippen LogP contribution is -2.44. The van der Waals surface area contributed by atoms with Crippen LogP contribution in [-0.4, -0.2) is 53.3 Å². The molecule has 0 saturated carbocycles. The van der Waals surface area contributed by atoms with Gasteiger partial charge in [-0.3, -0.25) is 0 Å². The SMILES string of the molecule is Cc1ccc(Nc2cnnc(Nc3ccc(N4CCN(C)CC4)cc3)n2)cc1C. The Kier molecular flexibility index (Phi) is 5.57. The highest BCUT2D eigenvalue weighted by atomic mass is 15.3. The summed E-state index contributed by atoms with van der Waals surface area (Å²) in [5.41, 5.74) is 5.66. The molecule has 1 aliphatic heterocycles. The average molecular weight is 390 g/mol. The van der Waals surface area contributed by atoms with Gasteiger partial charge in [0, 0.05) is 43.2 Å². The Bertz CT molecular complexity index is 963. The van der Waals surface area contributed by atoms with Crippen LogP contribution in [0, 0.1) is 13.8 Å². The molecule has 2 N–H and O–H groups in total. The quantitative estimate of drug-likeness (QED) is 0.689. The van der Waals surface area contributed by atoms with E-state index in [1.165, 1.54) is 16.8 Å². The number of hydrogen-bond acceptors (Lipinski definition) is 7. The van der Waals surface area contributed by atoms with Gasteiger partial charge in [-0.25, -0.2) is 0 Å². The summed E-state index contributed by atoms with van der Waals surface area (Å²) in [7, 11) is 2.17. The van der Waals surface area contributed by atoms with Crippen LogP contribution in [0.1, 0.15) is 11.1 Å². The van der Waals surface area contributed by atoms with Crippen molar-refractivity contribution in [3.05, 3.63) is 59.8 Å². The van der Waals surface area contributed by atoms with Gasteiger partial charge in [-0.05, 0) is 68.4 Å². The number of nitrogens with zero attached hydrogens (tertiary/aromatic N) is 5. The Morgan fingerprint density at radius 3 is 2.28 bits per heavy atom. The first kappa shape index (κ1) is 19.1. The van der Waals surface area contributed by atoms with Gasteiger partial charge in [0.2, 0.25) is 5.95 Å². The van der Waals surface area contributed by atoms with Crippen molar-refractivity contribution >= 4 is 28.8 Å². The van der Waals surface area contributed by atoms with Crippen LogP contribution in [0.25, 0.3) is 0 Å². The molecule has 7 nitrogen and oxygen atoms in total. The maximum atomic E-state index is 4.52. The zero-order valence-corrected chi connectivity index (χ0v) is 17.2. The van der Waals surface area contributed by atoms with E-state index in [4.69, 9.17) is 0 Å². The third-order valence-corrected chi connectivity index (χ3v) is 5.33. The second-order valence-corrected chi connectivity index (χ2v) is 7.55. The fraction of sp³-hybridized carbons (Fsp3) is 0.318. The monoisotopic (exact) mass is 389 g/mol. The molecule has 0 bridgehead atoms. The first-order valence-electron chi connectivity index (χ1n) is 9.91. The lowest BCUT2D eigenvalue weighted by atomic mass is 10.1. The van der Waals surface area contributed by atoms with Crippen molar-refractivity contribution in [2.45, 2.75) is 13.8 Å². The fourth-order valence-corrected chi connectivity index (χ4v) is 3.33. The van der Waals surface area contributed by atoms with Crippen LogP contribution in [0.2, 0.25) is 0 Å². The largest absolute Gasteiger partial charge is 0.369 e. The Hall–Kier alpha value is -3.19. The highest BCUT2D eigenvalue weighted by molar-refractivity contribution is 5.62. The minimum absolute atomic E-state index is 0.464. The molecule has 1 aromatic heterocycles. The molecule has 0 amide bonds. The minimum atomic E-state index is 0.464. The van der Waals surface area contributed by atoms with Crippen molar-refractivity contribution in [1.82, 2.24) is 20.1 Å². The van der Waals surface area contributed by atoms with Gasteiger partial charge in [0.05, 0.1) is 6.20 Å². The molecule has 150 valence electrons. The average Bonchev–Trinajstić information content (AvgIpc) is 2.72. The highest BCUT2D eigenvalue weighted by Crippen LogP contribution is 2.22. The van der Waals surface area contributed by atoms with E-state index in [2.05, 4.69) is 92.9 Å². The van der Waals surface area contributed by atoms with E-state index in [0.717, 1.165) is 37.6 Å². The first-order valence-corrected chi connectivity index (χ1v) is 9.91. The molecular formula is C22H27N7. The Morgan fingerprint density at radius 2 is 1.55 bits per heavy atom.